The molecule has 3 rings (SSSR count). The fourth-order valence-electron chi connectivity index (χ4n) is 2.47. The van der Waals surface area contributed by atoms with E-state index in [0.29, 0.717) is 11.0 Å². The Labute approximate surface area is 145 Å². The number of aryl methyl sites for hydroxylation is 2. The van der Waals surface area contributed by atoms with Crippen molar-refractivity contribution in [1.29, 1.82) is 0 Å². The topological polar surface area (TPSA) is 46.9 Å². The highest BCUT2D eigenvalue weighted by atomic mass is 35.5. The summed E-state index contributed by atoms with van der Waals surface area (Å²) < 4.78 is 1.94. The molecule has 4 nitrogen and oxygen atoms in total. The molecule has 0 bridgehead atoms. The van der Waals surface area contributed by atoms with Gasteiger partial charge in [0, 0.05) is 29.5 Å². The van der Waals surface area contributed by atoms with Gasteiger partial charge in [0.1, 0.15) is 0 Å². The van der Waals surface area contributed by atoms with Crippen LogP contribution in [0.25, 0.3) is 0 Å². The summed E-state index contributed by atoms with van der Waals surface area (Å²) in [7, 11) is 0. The van der Waals surface area contributed by atoms with Crippen LogP contribution in [0.2, 0.25) is 5.02 Å². The molecule has 0 radical (unpaired) electrons. The highest BCUT2D eigenvalue weighted by Crippen LogP contribution is 2.25. The molecule has 24 heavy (non-hydrogen) atoms. The van der Waals surface area contributed by atoms with Crippen LogP contribution < -0.4 is 10.9 Å². The van der Waals surface area contributed by atoms with Crippen LogP contribution >= 0.6 is 11.6 Å². The molecule has 0 atom stereocenters. The Hall–Kier alpha value is -2.59. The van der Waals surface area contributed by atoms with E-state index in [4.69, 9.17) is 11.6 Å². The number of halogens is 1. The summed E-state index contributed by atoms with van der Waals surface area (Å²) in [4.78, 5) is 15.8. The van der Waals surface area contributed by atoms with E-state index in [0.717, 1.165) is 24.2 Å². The number of aromatic nitrogens is 2. The Kier molecular flexibility index (Phi) is 4.96. The first-order valence-corrected chi connectivity index (χ1v) is 8.15. The zero-order chi connectivity index (χ0) is 16.9. The lowest BCUT2D eigenvalue weighted by Crippen LogP contribution is -2.16. The number of hydrogen-bond donors (Lipinski definition) is 1. The SMILES string of the molecule is Cc1c(Cl)cccc1Nc1nc(=O)ccn1CCc1ccccc1. The molecule has 0 spiro atoms. The molecular weight excluding hydrogens is 322 g/mol. The molecule has 3 aromatic rings. The minimum atomic E-state index is -0.270. The highest BCUT2D eigenvalue weighted by molar-refractivity contribution is 6.31. The van der Waals surface area contributed by atoms with E-state index in [2.05, 4.69) is 22.4 Å². The molecule has 0 unspecified atom stereocenters. The van der Waals surface area contributed by atoms with Crippen molar-refractivity contribution < 1.29 is 0 Å². The summed E-state index contributed by atoms with van der Waals surface area (Å²) in [6.45, 7) is 2.65. The fraction of sp³-hybridized carbons (Fsp3) is 0.158. The van der Waals surface area contributed by atoms with E-state index in [1.54, 1.807) is 6.20 Å². The van der Waals surface area contributed by atoms with Gasteiger partial charge in [0.05, 0.1) is 0 Å². The largest absolute Gasteiger partial charge is 0.325 e. The molecule has 5 heteroatoms. The Morgan fingerprint density at radius 2 is 1.88 bits per heavy atom. The minimum absolute atomic E-state index is 0.270. The second-order valence-corrected chi connectivity index (χ2v) is 5.96. The van der Waals surface area contributed by atoms with Crippen molar-refractivity contribution in [3.8, 4) is 0 Å². The van der Waals surface area contributed by atoms with Gasteiger partial charge in [0.15, 0.2) is 0 Å². The molecule has 0 fully saturated rings. The van der Waals surface area contributed by atoms with E-state index in [9.17, 15) is 4.79 Å². The van der Waals surface area contributed by atoms with Gasteiger partial charge in [-0.1, -0.05) is 48.0 Å². The van der Waals surface area contributed by atoms with Gasteiger partial charge in [0.25, 0.3) is 5.56 Å². The summed E-state index contributed by atoms with van der Waals surface area (Å²) in [5.74, 6) is 0.517. The molecule has 122 valence electrons. The first-order valence-electron chi connectivity index (χ1n) is 7.77. The maximum Gasteiger partial charge on any atom is 0.274 e. The van der Waals surface area contributed by atoms with Crippen LogP contribution in [0.5, 0.6) is 0 Å². The molecule has 1 aromatic heterocycles. The molecule has 1 N–H and O–H groups in total. The summed E-state index contributed by atoms with van der Waals surface area (Å²) in [5.41, 5.74) is 2.73. The van der Waals surface area contributed by atoms with Crippen LogP contribution in [-0.4, -0.2) is 9.55 Å². The fourth-order valence-corrected chi connectivity index (χ4v) is 2.64. The van der Waals surface area contributed by atoms with Gasteiger partial charge in [-0.05, 0) is 36.6 Å². The van der Waals surface area contributed by atoms with Crippen LogP contribution in [0.3, 0.4) is 0 Å². The first-order chi connectivity index (χ1) is 11.6. The smallest absolute Gasteiger partial charge is 0.274 e. The third kappa shape index (κ3) is 3.84. The first kappa shape index (κ1) is 16.3. The Bertz CT molecular complexity index is 891. The van der Waals surface area contributed by atoms with Crippen LogP contribution in [0.15, 0.2) is 65.6 Å². The Balaban J connectivity index is 1.85. The van der Waals surface area contributed by atoms with Crippen molar-refractivity contribution in [2.45, 2.75) is 19.9 Å². The van der Waals surface area contributed by atoms with Crippen LogP contribution in [0.1, 0.15) is 11.1 Å². The Morgan fingerprint density at radius 3 is 2.67 bits per heavy atom. The zero-order valence-corrected chi connectivity index (χ0v) is 14.1. The minimum Gasteiger partial charge on any atom is -0.325 e. The second-order valence-electron chi connectivity index (χ2n) is 5.56. The maximum absolute atomic E-state index is 11.7. The number of nitrogens with zero attached hydrogens (tertiary/aromatic N) is 2. The summed E-state index contributed by atoms with van der Waals surface area (Å²) >= 11 is 6.16. The van der Waals surface area contributed by atoms with Crippen LogP contribution in [0.4, 0.5) is 11.6 Å². The van der Waals surface area contributed by atoms with E-state index in [1.165, 1.54) is 11.6 Å². The van der Waals surface area contributed by atoms with Crippen molar-refractivity contribution in [2.75, 3.05) is 5.32 Å². The monoisotopic (exact) mass is 339 g/mol. The van der Waals surface area contributed by atoms with Gasteiger partial charge < -0.3 is 9.88 Å². The summed E-state index contributed by atoms with van der Waals surface area (Å²) in [6.07, 6.45) is 2.62. The standard InChI is InChI=1S/C19H18ClN3O/c1-14-16(20)8-5-9-17(14)21-19-22-18(24)11-13-23(19)12-10-15-6-3-2-4-7-15/h2-9,11,13H,10,12H2,1H3,(H,21,22,24). The number of nitrogens with one attached hydrogen (secondary N) is 1. The van der Waals surface area contributed by atoms with Gasteiger partial charge in [-0.2, -0.15) is 4.98 Å². The van der Waals surface area contributed by atoms with Crippen molar-refractivity contribution in [1.82, 2.24) is 9.55 Å². The molecule has 0 aliphatic rings. The molecule has 1 heterocycles. The van der Waals surface area contributed by atoms with E-state index >= 15 is 0 Å². The van der Waals surface area contributed by atoms with Crippen molar-refractivity contribution in [3.63, 3.8) is 0 Å². The van der Waals surface area contributed by atoms with Gasteiger partial charge in [0.2, 0.25) is 5.95 Å². The highest BCUT2D eigenvalue weighted by Gasteiger charge is 2.07. The third-order valence-electron chi connectivity index (χ3n) is 3.88. The number of hydrogen-bond acceptors (Lipinski definition) is 3. The van der Waals surface area contributed by atoms with Crippen LogP contribution in [-0.2, 0) is 13.0 Å². The van der Waals surface area contributed by atoms with Crippen molar-refractivity contribution >= 4 is 23.2 Å². The molecule has 0 aliphatic heterocycles. The lowest BCUT2D eigenvalue weighted by atomic mass is 10.1. The quantitative estimate of drug-likeness (QED) is 0.758. The molecule has 0 amide bonds. The molecular formula is C19H18ClN3O. The number of anilines is 2. The van der Waals surface area contributed by atoms with Gasteiger partial charge in [-0.15, -0.1) is 0 Å². The van der Waals surface area contributed by atoms with Gasteiger partial charge in [-0.25, -0.2) is 0 Å². The lowest BCUT2D eigenvalue weighted by Gasteiger charge is -2.15. The third-order valence-corrected chi connectivity index (χ3v) is 4.29. The lowest BCUT2D eigenvalue weighted by molar-refractivity contribution is 0.684. The Morgan fingerprint density at radius 1 is 1.08 bits per heavy atom. The van der Waals surface area contributed by atoms with E-state index < -0.39 is 0 Å². The second kappa shape index (κ2) is 7.32. The normalized spacial score (nSPS) is 10.6. The van der Waals surface area contributed by atoms with Gasteiger partial charge in [-0.3, -0.25) is 4.79 Å². The van der Waals surface area contributed by atoms with E-state index in [1.807, 2.05) is 47.9 Å². The summed E-state index contributed by atoms with van der Waals surface area (Å²) in [6, 6.07) is 17.3. The van der Waals surface area contributed by atoms with Gasteiger partial charge >= 0.3 is 0 Å². The molecule has 0 saturated heterocycles. The molecule has 0 aliphatic carbocycles. The summed E-state index contributed by atoms with van der Waals surface area (Å²) in [5, 5.41) is 3.90. The van der Waals surface area contributed by atoms with Crippen molar-refractivity contribution in [3.05, 3.63) is 87.3 Å². The number of rotatable bonds is 5. The number of benzene rings is 2. The van der Waals surface area contributed by atoms with E-state index in [-0.39, 0.29) is 5.56 Å². The predicted octanol–water partition coefficient (Wildman–Crippen LogP) is 4.19. The average Bonchev–Trinajstić information content (AvgIpc) is 2.59. The average molecular weight is 340 g/mol. The predicted molar refractivity (Wildman–Crippen MR) is 98.1 cm³/mol. The molecule has 0 saturated carbocycles. The van der Waals surface area contributed by atoms with Crippen LogP contribution in [0, 0.1) is 6.92 Å². The zero-order valence-electron chi connectivity index (χ0n) is 13.4. The van der Waals surface area contributed by atoms with Crippen molar-refractivity contribution in [2.24, 2.45) is 0 Å². The maximum atomic E-state index is 11.7. The molecule has 2 aromatic carbocycles.